The van der Waals surface area contributed by atoms with Crippen molar-refractivity contribution >= 4 is 28.1 Å². The molecule has 1 aliphatic rings. The second-order valence-corrected chi connectivity index (χ2v) is 8.44. The van der Waals surface area contributed by atoms with E-state index >= 15 is 0 Å². The minimum absolute atomic E-state index is 0.0916. The average molecular weight is 413 g/mol. The number of primary amides is 1. The van der Waals surface area contributed by atoms with E-state index in [1.54, 1.807) is 11.1 Å². The summed E-state index contributed by atoms with van der Waals surface area (Å²) in [4.78, 5) is 16.3. The molecule has 2 heterocycles. The van der Waals surface area contributed by atoms with Gasteiger partial charge in [0.25, 0.3) is 0 Å². The van der Waals surface area contributed by atoms with Crippen LogP contribution in [-0.4, -0.2) is 49.0 Å². The third-order valence-electron chi connectivity index (χ3n) is 5.11. The molecular weight excluding hydrogens is 384 g/mol. The Hall–Kier alpha value is -2.63. The van der Waals surface area contributed by atoms with Crippen molar-refractivity contribution in [3.63, 3.8) is 0 Å². The summed E-state index contributed by atoms with van der Waals surface area (Å²) in [5.74, 6) is -0.134. The Morgan fingerprint density at radius 3 is 2.62 bits per heavy atom. The molecule has 1 saturated heterocycles. The van der Waals surface area contributed by atoms with Gasteiger partial charge in [-0.05, 0) is 41.6 Å². The summed E-state index contributed by atoms with van der Waals surface area (Å²) in [6, 6.07) is 10.0. The Morgan fingerprint density at radius 1 is 1.34 bits per heavy atom. The van der Waals surface area contributed by atoms with E-state index in [4.69, 9.17) is 5.73 Å². The summed E-state index contributed by atoms with van der Waals surface area (Å²) >= 11 is 1.30. The number of anilines is 2. The van der Waals surface area contributed by atoms with Crippen LogP contribution in [0.4, 0.5) is 10.7 Å². The molecule has 8 heteroatoms. The number of nitrogens with zero attached hydrogens (tertiary/aromatic N) is 4. The molecule has 0 aliphatic carbocycles. The molecule has 2 aromatic rings. The van der Waals surface area contributed by atoms with Crippen LogP contribution in [0.2, 0.25) is 0 Å². The number of piperazine rings is 1. The SMILES string of the molecule is CC(C)CC(C(N)=O)N(CC#N)c1sncc1-c1ccc(N2CCNCC2)cc1. The van der Waals surface area contributed by atoms with Gasteiger partial charge in [0.2, 0.25) is 5.91 Å². The third kappa shape index (κ3) is 5.05. The van der Waals surface area contributed by atoms with Gasteiger partial charge >= 0.3 is 0 Å². The Morgan fingerprint density at radius 2 is 2.03 bits per heavy atom. The van der Waals surface area contributed by atoms with Crippen LogP contribution in [0.5, 0.6) is 0 Å². The summed E-state index contributed by atoms with van der Waals surface area (Å²) in [5.41, 5.74) is 8.84. The summed E-state index contributed by atoms with van der Waals surface area (Å²) in [5, 5.41) is 13.5. The monoisotopic (exact) mass is 412 g/mol. The molecule has 3 rings (SSSR count). The molecule has 0 spiro atoms. The molecule has 1 aliphatic heterocycles. The minimum Gasteiger partial charge on any atom is -0.369 e. The van der Waals surface area contributed by atoms with Crippen molar-refractivity contribution in [2.24, 2.45) is 11.7 Å². The number of hydrogen-bond donors (Lipinski definition) is 2. The zero-order chi connectivity index (χ0) is 20.8. The molecule has 0 saturated carbocycles. The Labute approximate surface area is 176 Å². The number of carbonyl (C=O) groups is 1. The number of hydrogen-bond acceptors (Lipinski definition) is 7. The maximum absolute atomic E-state index is 12.2. The molecule has 1 unspecified atom stereocenters. The van der Waals surface area contributed by atoms with Gasteiger partial charge in [0.15, 0.2) is 0 Å². The summed E-state index contributed by atoms with van der Waals surface area (Å²) < 4.78 is 4.35. The molecule has 7 nitrogen and oxygen atoms in total. The standard InChI is InChI=1S/C21H28N6OS/c1-15(2)13-19(20(23)28)27(10-7-22)21-18(14-25-29-21)16-3-5-17(6-4-16)26-11-8-24-9-12-26/h3-6,14-15,19,24H,8-13H2,1-2H3,(H2,23,28). The van der Waals surface area contributed by atoms with E-state index in [2.05, 4.69) is 44.9 Å². The van der Waals surface area contributed by atoms with Crippen LogP contribution in [0, 0.1) is 17.2 Å². The van der Waals surface area contributed by atoms with Crippen LogP contribution < -0.4 is 20.9 Å². The molecule has 0 bridgehead atoms. The molecule has 0 radical (unpaired) electrons. The van der Waals surface area contributed by atoms with Crippen molar-refractivity contribution in [1.29, 1.82) is 5.26 Å². The fourth-order valence-electron chi connectivity index (χ4n) is 3.66. The molecule has 1 fully saturated rings. The molecule has 3 N–H and O–H groups in total. The summed E-state index contributed by atoms with van der Waals surface area (Å²) in [6.45, 7) is 8.16. The zero-order valence-electron chi connectivity index (χ0n) is 17.0. The van der Waals surface area contributed by atoms with Crippen molar-refractivity contribution in [1.82, 2.24) is 9.69 Å². The molecule has 1 aromatic carbocycles. The van der Waals surface area contributed by atoms with E-state index in [0.717, 1.165) is 42.3 Å². The fraction of sp³-hybridized carbons (Fsp3) is 0.476. The van der Waals surface area contributed by atoms with Gasteiger partial charge in [0.1, 0.15) is 17.6 Å². The second-order valence-electron chi connectivity index (χ2n) is 7.66. The van der Waals surface area contributed by atoms with Crippen LogP contribution >= 0.6 is 11.5 Å². The van der Waals surface area contributed by atoms with Gasteiger partial charge in [0, 0.05) is 37.4 Å². The molecule has 1 aromatic heterocycles. The third-order valence-corrected chi connectivity index (χ3v) is 5.95. The van der Waals surface area contributed by atoms with Gasteiger partial charge in [-0.1, -0.05) is 26.0 Å². The van der Waals surface area contributed by atoms with Gasteiger partial charge in [-0.2, -0.15) is 9.64 Å². The second kappa shape index (κ2) is 9.72. The van der Waals surface area contributed by atoms with Crippen molar-refractivity contribution in [2.75, 3.05) is 42.5 Å². The van der Waals surface area contributed by atoms with Gasteiger partial charge in [-0.25, -0.2) is 0 Å². The molecule has 29 heavy (non-hydrogen) atoms. The number of nitrogens with one attached hydrogen (secondary N) is 1. The largest absolute Gasteiger partial charge is 0.369 e. The maximum Gasteiger partial charge on any atom is 0.240 e. The van der Waals surface area contributed by atoms with E-state index in [9.17, 15) is 10.1 Å². The lowest BCUT2D eigenvalue weighted by atomic mass is 10.0. The van der Waals surface area contributed by atoms with Gasteiger partial charge in [-0.3, -0.25) is 4.79 Å². The highest BCUT2D eigenvalue weighted by molar-refractivity contribution is 7.10. The lowest BCUT2D eigenvalue weighted by molar-refractivity contribution is -0.119. The predicted molar refractivity (Wildman–Crippen MR) is 118 cm³/mol. The first-order valence-electron chi connectivity index (χ1n) is 9.95. The average Bonchev–Trinajstić information content (AvgIpc) is 3.20. The van der Waals surface area contributed by atoms with E-state index in [1.165, 1.54) is 17.2 Å². The lowest BCUT2D eigenvalue weighted by Crippen LogP contribution is -2.46. The minimum atomic E-state index is -0.533. The topological polar surface area (TPSA) is 98.3 Å². The Kier molecular flexibility index (Phi) is 7.07. The molecular formula is C21H28N6OS. The highest BCUT2D eigenvalue weighted by Gasteiger charge is 2.28. The van der Waals surface area contributed by atoms with E-state index in [-0.39, 0.29) is 12.5 Å². The normalized spacial score (nSPS) is 15.2. The van der Waals surface area contributed by atoms with Crippen LogP contribution in [-0.2, 0) is 4.79 Å². The van der Waals surface area contributed by atoms with Crippen molar-refractivity contribution in [3.05, 3.63) is 30.5 Å². The molecule has 1 amide bonds. The van der Waals surface area contributed by atoms with Crippen LogP contribution in [0.1, 0.15) is 20.3 Å². The predicted octanol–water partition coefficient (Wildman–Crippen LogP) is 2.45. The van der Waals surface area contributed by atoms with E-state index in [1.807, 2.05) is 13.8 Å². The fourth-order valence-corrected chi connectivity index (χ4v) is 4.48. The van der Waals surface area contributed by atoms with Gasteiger partial charge in [-0.15, -0.1) is 0 Å². The van der Waals surface area contributed by atoms with Crippen LogP contribution in [0.3, 0.4) is 0 Å². The highest BCUT2D eigenvalue weighted by Crippen LogP contribution is 2.37. The number of nitrogens with two attached hydrogens (primary N) is 1. The van der Waals surface area contributed by atoms with Crippen molar-refractivity contribution < 1.29 is 4.79 Å². The number of amides is 1. The number of nitriles is 1. The van der Waals surface area contributed by atoms with Gasteiger partial charge in [0.05, 0.1) is 12.3 Å². The lowest BCUT2D eigenvalue weighted by Gasteiger charge is -2.30. The quantitative estimate of drug-likeness (QED) is 0.646. The number of aromatic nitrogens is 1. The van der Waals surface area contributed by atoms with Crippen LogP contribution in [0.15, 0.2) is 30.5 Å². The summed E-state index contributed by atoms with van der Waals surface area (Å²) in [7, 11) is 0. The first kappa shape index (κ1) is 21.1. The number of benzene rings is 1. The van der Waals surface area contributed by atoms with Crippen LogP contribution in [0.25, 0.3) is 11.1 Å². The van der Waals surface area contributed by atoms with E-state index < -0.39 is 11.9 Å². The van der Waals surface area contributed by atoms with Crippen molar-refractivity contribution in [2.45, 2.75) is 26.3 Å². The van der Waals surface area contributed by atoms with Crippen molar-refractivity contribution in [3.8, 4) is 17.2 Å². The van der Waals surface area contributed by atoms with E-state index in [0.29, 0.717) is 6.42 Å². The Bertz CT molecular complexity index is 851. The zero-order valence-corrected chi connectivity index (χ0v) is 17.8. The van der Waals surface area contributed by atoms with Gasteiger partial charge < -0.3 is 20.9 Å². The first-order valence-corrected chi connectivity index (χ1v) is 10.7. The Balaban J connectivity index is 1.89. The first-order chi connectivity index (χ1) is 14.0. The molecule has 154 valence electrons. The summed E-state index contributed by atoms with van der Waals surface area (Å²) in [6.07, 6.45) is 2.40. The highest BCUT2D eigenvalue weighted by atomic mass is 32.1. The number of carbonyl (C=O) groups excluding carboxylic acids is 1. The maximum atomic E-state index is 12.2. The molecule has 1 atom stereocenters. The smallest absolute Gasteiger partial charge is 0.240 e. The number of rotatable bonds is 8.